The first-order chi connectivity index (χ1) is 16.8. The zero-order valence-electron chi connectivity index (χ0n) is 21.8. The Kier molecular flexibility index (Phi) is 5.47. The molecule has 35 heavy (non-hydrogen) atoms. The maximum atomic E-state index is 15.2. The summed E-state index contributed by atoms with van der Waals surface area (Å²) in [6.07, 6.45) is 13.6. The maximum Gasteiger partial charge on any atom is 0.134 e. The Morgan fingerprint density at radius 2 is 1.63 bits per heavy atom. The van der Waals surface area contributed by atoms with Gasteiger partial charge in [-0.1, -0.05) is 25.1 Å². The Hall–Kier alpha value is -2.42. The van der Waals surface area contributed by atoms with Crippen LogP contribution in [0.2, 0.25) is 0 Å². The molecule has 2 aromatic rings. The number of allylic oxidation sites excluding steroid dienone is 1. The molecule has 2 nitrogen and oxygen atoms in total. The highest BCUT2D eigenvalue weighted by atomic mass is 19.1. The van der Waals surface area contributed by atoms with E-state index in [0.717, 1.165) is 47.7 Å². The molecular formula is C32H39FN2. The average Bonchev–Trinajstić information content (AvgIpc) is 2.80. The number of halogens is 1. The molecule has 0 saturated heterocycles. The van der Waals surface area contributed by atoms with Crippen molar-refractivity contribution in [2.45, 2.75) is 83.6 Å². The van der Waals surface area contributed by atoms with Crippen LogP contribution in [0, 0.1) is 23.6 Å². The van der Waals surface area contributed by atoms with Crippen molar-refractivity contribution in [3.63, 3.8) is 0 Å². The highest BCUT2D eigenvalue weighted by Gasteiger charge is 2.51. The molecular weight excluding hydrogens is 431 g/mol. The fourth-order valence-electron chi connectivity index (χ4n) is 8.36. The summed E-state index contributed by atoms with van der Waals surface area (Å²) in [5.41, 5.74) is 6.55. The molecule has 7 rings (SSSR count). The number of fused-ring (bicyclic) bond motifs is 1. The molecule has 0 N–H and O–H groups in total. The van der Waals surface area contributed by atoms with Crippen LogP contribution in [0.5, 0.6) is 0 Å². The van der Waals surface area contributed by atoms with E-state index in [2.05, 4.69) is 67.9 Å². The minimum absolute atomic E-state index is 0.117. The molecule has 5 aliphatic rings. The number of benzene rings is 2. The highest BCUT2D eigenvalue weighted by Crippen LogP contribution is 2.60. The summed E-state index contributed by atoms with van der Waals surface area (Å²) >= 11 is 0. The van der Waals surface area contributed by atoms with Crippen LogP contribution in [-0.2, 0) is 5.41 Å². The average molecular weight is 471 g/mol. The van der Waals surface area contributed by atoms with Gasteiger partial charge in [-0.05, 0) is 124 Å². The number of nitrogens with zero attached hydrogens (tertiary/aromatic N) is 2. The van der Waals surface area contributed by atoms with E-state index < -0.39 is 0 Å². The maximum absolute atomic E-state index is 15.2. The molecule has 1 heterocycles. The van der Waals surface area contributed by atoms with Crippen molar-refractivity contribution < 1.29 is 4.39 Å². The number of rotatable bonds is 5. The van der Waals surface area contributed by atoms with Crippen molar-refractivity contribution >= 4 is 23.2 Å². The van der Waals surface area contributed by atoms with E-state index in [0.29, 0.717) is 11.0 Å². The Morgan fingerprint density at radius 3 is 2.23 bits per heavy atom. The summed E-state index contributed by atoms with van der Waals surface area (Å²) < 4.78 is 15.2. The number of anilines is 1. The van der Waals surface area contributed by atoms with E-state index in [1.165, 1.54) is 49.7 Å². The van der Waals surface area contributed by atoms with Gasteiger partial charge in [0.1, 0.15) is 5.82 Å². The van der Waals surface area contributed by atoms with Gasteiger partial charge in [-0.25, -0.2) is 4.39 Å². The molecule has 4 fully saturated rings. The number of hydrogen-bond donors (Lipinski definition) is 0. The lowest BCUT2D eigenvalue weighted by atomic mass is 9.48. The van der Waals surface area contributed by atoms with Crippen molar-refractivity contribution in [2.75, 3.05) is 11.4 Å². The predicted octanol–water partition coefficient (Wildman–Crippen LogP) is 8.46. The molecule has 0 atom stereocenters. The van der Waals surface area contributed by atoms with Crippen LogP contribution in [0.4, 0.5) is 15.8 Å². The fraction of sp³-hybridized carbons (Fsp3) is 0.531. The first kappa shape index (κ1) is 23.0. The molecule has 4 bridgehead atoms. The van der Waals surface area contributed by atoms with E-state index in [1.807, 2.05) is 6.07 Å². The molecule has 3 heteroatoms. The second-order valence-corrected chi connectivity index (χ2v) is 12.5. The van der Waals surface area contributed by atoms with Crippen LogP contribution < -0.4 is 4.90 Å². The molecule has 4 saturated carbocycles. The zero-order chi connectivity index (χ0) is 24.4. The lowest BCUT2D eigenvalue weighted by Crippen LogP contribution is -2.48. The summed E-state index contributed by atoms with van der Waals surface area (Å²) in [6, 6.07) is 12.6. The van der Waals surface area contributed by atoms with Crippen molar-refractivity contribution in [3.8, 4) is 0 Å². The SMILES string of the molecule is CCCN1c2cc(F)c(C=Nc3ccc(C45CC6CC(CC(C6)C4)C5)cc3)cc2C(C)=CC1(C)C. The second-order valence-electron chi connectivity index (χ2n) is 12.5. The monoisotopic (exact) mass is 470 g/mol. The van der Waals surface area contributed by atoms with Gasteiger partial charge in [0.25, 0.3) is 0 Å². The van der Waals surface area contributed by atoms with E-state index in [9.17, 15) is 0 Å². The third kappa shape index (κ3) is 3.96. The van der Waals surface area contributed by atoms with Crippen molar-refractivity contribution in [1.29, 1.82) is 0 Å². The zero-order valence-corrected chi connectivity index (χ0v) is 21.8. The predicted molar refractivity (Wildman–Crippen MR) is 145 cm³/mol. The molecule has 0 spiro atoms. The van der Waals surface area contributed by atoms with Gasteiger partial charge >= 0.3 is 0 Å². The molecule has 4 aliphatic carbocycles. The summed E-state index contributed by atoms with van der Waals surface area (Å²) in [5.74, 6) is 2.64. The van der Waals surface area contributed by atoms with Gasteiger partial charge in [-0.2, -0.15) is 0 Å². The number of hydrogen-bond acceptors (Lipinski definition) is 2. The van der Waals surface area contributed by atoms with Crippen molar-refractivity contribution in [1.82, 2.24) is 0 Å². The molecule has 0 radical (unpaired) electrons. The van der Waals surface area contributed by atoms with Gasteiger partial charge in [0, 0.05) is 29.6 Å². The van der Waals surface area contributed by atoms with Crippen LogP contribution in [0.15, 0.2) is 47.5 Å². The quantitative estimate of drug-likeness (QED) is 0.400. The molecule has 0 unspecified atom stereocenters. The molecule has 184 valence electrons. The van der Waals surface area contributed by atoms with Crippen LogP contribution in [0.25, 0.3) is 5.57 Å². The Morgan fingerprint density at radius 1 is 1.00 bits per heavy atom. The van der Waals surface area contributed by atoms with Crippen LogP contribution in [-0.4, -0.2) is 18.3 Å². The van der Waals surface area contributed by atoms with Crippen molar-refractivity contribution in [2.24, 2.45) is 22.7 Å². The Labute approximate surface area is 210 Å². The Balaban J connectivity index is 1.25. The molecule has 1 aliphatic heterocycles. The van der Waals surface area contributed by atoms with Gasteiger partial charge in [0.2, 0.25) is 0 Å². The standard InChI is InChI=1S/C32H39FN2/c1-5-10-35-30-15-29(33)25(14-28(30)21(2)16-31(35,3)4)20-34-27-8-6-26(7-9-27)32-17-22-11-23(18-32)13-24(12-22)19-32/h6-9,14-16,20,22-24H,5,10-13,17-19H2,1-4H3. The first-order valence-corrected chi connectivity index (χ1v) is 13.7. The first-order valence-electron chi connectivity index (χ1n) is 13.7. The summed E-state index contributed by atoms with van der Waals surface area (Å²) in [6.45, 7) is 9.62. The molecule has 0 amide bonds. The summed E-state index contributed by atoms with van der Waals surface area (Å²) in [7, 11) is 0. The normalized spacial score (nSPS) is 30.6. The molecule has 2 aromatic carbocycles. The smallest absolute Gasteiger partial charge is 0.134 e. The van der Waals surface area contributed by atoms with Gasteiger partial charge in [-0.15, -0.1) is 0 Å². The Bertz CT molecular complexity index is 1150. The number of aliphatic imine (C=N–C) groups is 1. The summed E-state index contributed by atoms with van der Waals surface area (Å²) in [4.78, 5) is 7.01. The minimum atomic E-state index is -0.204. The van der Waals surface area contributed by atoms with Gasteiger partial charge < -0.3 is 4.90 Å². The second kappa shape index (κ2) is 8.32. The highest BCUT2D eigenvalue weighted by molar-refractivity contribution is 5.89. The minimum Gasteiger partial charge on any atom is -0.362 e. The van der Waals surface area contributed by atoms with E-state index >= 15 is 4.39 Å². The van der Waals surface area contributed by atoms with Crippen LogP contribution in [0.3, 0.4) is 0 Å². The van der Waals surface area contributed by atoms with Gasteiger partial charge in [0.05, 0.1) is 11.2 Å². The van der Waals surface area contributed by atoms with Crippen molar-refractivity contribution in [3.05, 3.63) is 65.0 Å². The topological polar surface area (TPSA) is 15.6 Å². The third-order valence-electron chi connectivity index (χ3n) is 9.41. The largest absolute Gasteiger partial charge is 0.362 e. The third-order valence-corrected chi connectivity index (χ3v) is 9.41. The van der Waals surface area contributed by atoms with E-state index in [4.69, 9.17) is 0 Å². The lowest BCUT2D eigenvalue weighted by molar-refractivity contribution is -0.00518. The molecule has 0 aromatic heterocycles. The van der Waals surface area contributed by atoms with Gasteiger partial charge in [-0.3, -0.25) is 4.99 Å². The summed E-state index contributed by atoms with van der Waals surface area (Å²) in [5, 5.41) is 0. The van der Waals surface area contributed by atoms with Crippen LogP contribution in [0.1, 0.15) is 89.3 Å². The van der Waals surface area contributed by atoms with Gasteiger partial charge in [0.15, 0.2) is 0 Å². The van der Waals surface area contributed by atoms with E-state index in [1.54, 1.807) is 12.3 Å². The van der Waals surface area contributed by atoms with E-state index in [-0.39, 0.29) is 11.4 Å². The fourth-order valence-corrected chi connectivity index (χ4v) is 8.36. The van der Waals surface area contributed by atoms with Crippen LogP contribution >= 0.6 is 0 Å². The lowest BCUT2D eigenvalue weighted by Gasteiger charge is -2.57.